The number of allylic oxidation sites excluding steroid dienone is 1. The van der Waals surface area contributed by atoms with Crippen LogP contribution in [-0.4, -0.2) is 45.1 Å². The van der Waals surface area contributed by atoms with Crippen LogP contribution in [0.5, 0.6) is 0 Å². The van der Waals surface area contributed by atoms with Crippen LogP contribution in [0.2, 0.25) is 0 Å². The topological polar surface area (TPSA) is 115 Å². The maximum atomic E-state index is 13.6. The van der Waals surface area contributed by atoms with Gasteiger partial charge in [-0.05, 0) is 112 Å². The molecule has 36 heavy (non-hydrogen) atoms. The van der Waals surface area contributed by atoms with Gasteiger partial charge in [-0.15, -0.1) is 0 Å². The molecule has 0 saturated heterocycles. The fourth-order valence-electron chi connectivity index (χ4n) is 11.7. The lowest BCUT2D eigenvalue weighted by Gasteiger charge is -2.71. The smallest absolute Gasteiger partial charge is 0.310 e. The Morgan fingerprint density at radius 2 is 1.56 bits per heavy atom. The van der Waals surface area contributed by atoms with Gasteiger partial charge in [0.1, 0.15) is 0 Å². The van der Waals surface area contributed by atoms with Crippen molar-refractivity contribution < 1.29 is 30.0 Å². The van der Waals surface area contributed by atoms with Crippen molar-refractivity contribution in [2.24, 2.45) is 56.7 Å². The van der Waals surface area contributed by atoms with Gasteiger partial charge in [-0.3, -0.25) is 9.59 Å². The Kier molecular flexibility index (Phi) is 5.86. The molecule has 6 heteroatoms. The number of hydrogen-bond acceptors (Lipinski definition) is 4. The quantitative estimate of drug-likeness (QED) is 0.396. The summed E-state index contributed by atoms with van der Waals surface area (Å²) in [6.45, 7) is 12.7. The Bertz CT molecular complexity index is 976. The molecule has 0 aromatic carbocycles. The third-order valence-electron chi connectivity index (χ3n) is 13.4. The van der Waals surface area contributed by atoms with E-state index in [-0.39, 0.29) is 41.6 Å². The van der Waals surface area contributed by atoms with Crippen molar-refractivity contribution in [1.29, 1.82) is 0 Å². The molecule has 11 unspecified atom stereocenters. The monoisotopic (exact) mass is 502 g/mol. The molecule has 0 amide bonds. The first-order valence-electron chi connectivity index (χ1n) is 14.2. The van der Waals surface area contributed by atoms with E-state index < -0.39 is 39.7 Å². The highest BCUT2D eigenvalue weighted by atomic mass is 16.4. The predicted molar refractivity (Wildman–Crippen MR) is 136 cm³/mol. The molecular weight excluding hydrogens is 456 g/mol. The molecule has 0 bridgehead atoms. The molecule has 5 aliphatic rings. The van der Waals surface area contributed by atoms with Gasteiger partial charge in [0.2, 0.25) is 0 Å². The van der Waals surface area contributed by atoms with Gasteiger partial charge in [0.05, 0.1) is 23.5 Å². The molecule has 0 radical (unpaired) electrons. The van der Waals surface area contributed by atoms with Crippen LogP contribution in [0.25, 0.3) is 0 Å². The van der Waals surface area contributed by atoms with E-state index in [9.17, 15) is 30.0 Å². The second-order valence-electron chi connectivity index (χ2n) is 14.2. The average molecular weight is 503 g/mol. The van der Waals surface area contributed by atoms with Crippen molar-refractivity contribution in [3.8, 4) is 0 Å². The Balaban J connectivity index is 1.63. The third-order valence-corrected chi connectivity index (χ3v) is 13.4. The maximum absolute atomic E-state index is 13.6. The minimum atomic E-state index is -0.961. The highest BCUT2D eigenvalue weighted by molar-refractivity contribution is 5.80. The van der Waals surface area contributed by atoms with Crippen molar-refractivity contribution in [3.05, 3.63) is 12.2 Å². The standard InChI is InChI=1S/C30H46O6/c1-17(2)18-8-13-29(24(33)34)14-15-30(25(35)36)19(23(18)29)6-7-21-26(3)11-10-22(32)27(4,16-31)20(26)9-12-28(21,30)5/h18-23,31-32H,1,6-16H2,2-5H3,(H,33,34)(H,35,36). The minimum absolute atomic E-state index is 0.0553. The molecule has 6 nitrogen and oxygen atoms in total. The SMILES string of the molecule is C=C(C)C1CCC2(C(=O)O)CCC3(C(=O)O)C(CCC4C5(C)CCC(O)C(C)(CO)C5CCC43C)C12. The molecule has 202 valence electrons. The fraction of sp³-hybridized carbons (Fsp3) is 0.867. The summed E-state index contributed by atoms with van der Waals surface area (Å²) in [4.78, 5) is 26.3. The lowest BCUT2D eigenvalue weighted by atomic mass is 9.31. The number of carboxylic acid groups (broad SMARTS) is 2. The largest absolute Gasteiger partial charge is 0.481 e. The van der Waals surface area contributed by atoms with Gasteiger partial charge in [0.25, 0.3) is 0 Å². The van der Waals surface area contributed by atoms with Gasteiger partial charge in [0.15, 0.2) is 0 Å². The Labute approximate surface area is 215 Å². The molecule has 5 fully saturated rings. The number of hydrogen-bond donors (Lipinski definition) is 4. The number of fused-ring (bicyclic) bond motifs is 7. The molecule has 4 N–H and O–H groups in total. The number of aliphatic carboxylic acids is 2. The van der Waals surface area contributed by atoms with Crippen LogP contribution in [0.15, 0.2) is 12.2 Å². The fourth-order valence-corrected chi connectivity index (χ4v) is 11.7. The van der Waals surface area contributed by atoms with Gasteiger partial charge in [-0.1, -0.05) is 32.9 Å². The summed E-state index contributed by atoms with van der Waals surface area (Å²) in [7, 11) is 0. The van der Waals surface area contributed by atoms with Crippen LogP contribution in [0.4, 0.5) is 0 Å². The van der Waals surface area contributed by atoms with Crippen LogP contribution in [0, 0.1) is 56.7 Å². The van der Waals surface area contributed by atoms with Crippen LogP contribution < -0.4 is 0 Å². The van der Waals surface area contributed by atoms with Crippen LogP contribution in [0.1, 0.15) is 91.9 Å². The van der Waals surface area contributed by atoms with Gasteiger partial charge >= 0.3 is 11.9 Å². The Morgan fingerprint density at radius 1 is 0.861 bits per heavy atom. The molecule has 11 atom stereocenters. The molecule has 5 rings (SSSR count). The van der Waals surface area contributed by atoms with Crippen LogP contribution in [0.3, 0.4) is 0 Å². The van der Waals surface area contributed by atoms with Crippen molar-refractivity contribution >= 4 is 11.9 Å². The summed E-state index contributed by atoms with van der Waals surface area (Å²) in [6, 6.07) is 0. The van der Waals surface area contributed by atoms with E-state index in [0.29, 0.717) is 25.7 Å². The zero-order valence-corrected chi connectivity index (χ0v) is 22.6. The van der Waals surface area contributed by atoms with E-state index in [2.05, 4.69) is 20.4 Å². The first-order chi connectivity index (χ1) is 16.8. The van der Waals surface area contributed by atoms with Crippen molar-refractivity contribution in [2.75, 3.05) is 6.61 Å². The average Bonchev–Trinajstić information content (AvgIpc) is 3.23. The van der Waals surface area contributed by atoms with Gasteiger partial charge in [-0.2, -0.15) is 0 Å². The molecule has 5 aliphatic carbocycles. The first-order valence-corrected chi connectivity index (χ1v) is 14.2. The number of rotatable bonds is 4. The van der Waals surface area contributed by atoms with E-state index in [1.165, 1.54) is 0 Å². The lowest BCUT2D eigenvalue weighted by molar-refractivity contribution is -0.259. The molecule has 0 aromatic rings. The number of carbonyl (C=O) groups is 2. The summed E-state index contributed by atoms with van der Waals surface area (Å²) in [5.41, 5.74) is -2.02. The summed E-state index contributed by atoms with van der Waals surface area (Å²) < 4.78 is 0. The van der Waals surface area contributed by atoms with Gasteiger partial charge < -0.3 is 20.4 Å². The minimum Gasteiger partial charge on any atom is -0.481 e. The highest BCUT2D eigenvalue weighted by Gasteiger charge is 2.75. The van der Waals surface area contributed by atoms with E-state index in [1.54, 1.807) is 0 Å². The van der Waals surface area contributed by atoms with E-state index >= 15 is 0 Å². The second kappa shape index (κ2) is 8.05. The summed E-state index contributed by atoms with van der Waals surface area (Å²) >= 11 is 0. The first kappa shape index (κ1) is 26.2. The Morgan fingerprint density at radius 3 is 2.14 bits per heavy atom. The molecule has 5 saturated carbocycles. The van der Waals surface area contributed by atoms with Crippen molar-refractivity contribution in [1.82, 2.24) is 0 Å². The third kappa shape index (κ3) is 2.86. The Hall–Kier alpha value is -1.40. The number of carboxylic acids is 2. The van der Waals surface area contributed by atoms with Crippen LogP contribution >= 0.6 is 0 Å². The second-order valence-corrected chi connectivity index (χ2v) is 14.2. The lowest BCUT2D eigenvalue weighted by Crippen LogP contribution is -2.70. The normalized spacial score (nSPS) is 53.9. The zero-order chi connectivity index (χ0) is 26.5. The van der Waals surface area contributed by atoms with Crippen LogP contribution in [-0.2, 0) is 9.59 Å². The molecule has 0 heterocycles. The highest BCUT2D eigenvalue weighted by Crippen LogP contribution is 2.77. The van der Waals surface area contributed by atoms with E-state index in [1.807, 2.05) is 13.8 Å². The molecule has 0 aromatic heterocycles. The van der Waals surface area contributed by atoms with Crippen molar-refractivity contribution in [2.45, 2.75) is 98.0 Å². The number of aliphatic hydroxyl groups is 2. The zero-order valence-electron chi connectivity index (χ0n) is 22.6. The summed E-state index contributed by atoms with van der Waals surface area (Å²) in [5.74, 6) is -1.50. The summed E-state index contributed by atoms with van der Waals surface area (Å²) in [5, 5.41) is 42.9. The van der Waals surface area contributed by atoms with Crippen molar-refractivity contribution in [3.63, 3.8) is 0 Å². The summed E-state index contributed by atoms with van der Waals surface area (Å²) in [6.07, 6.45) is 6.32. The molecule has 0 spiro atoms. The van der Waals surface area contributed by atoms with Gasteiger partial charge in [-0.25, -0.2) is 0 Å². The van der Waals surface area contributed by atoms with Gasteiger partial charge in [0, 0.05) is 5.41 Å². The molecular formula is C30H46O6. The van der Waals surface area contributed by atoms with E-state index in [0.717, 1.165) is 44.1 Å². The molecule has 0 aliphatic heterocycles. The predicted octanol–water partition coefficient (Wildman–Crippen LogP) is 5.13. The van der Waals surface area contributed by atoms with E-state index in [4.69, 9.17) is 0 Å². The number of aliphatic hydroxyl groups excluding tert-OH is 2. The maximum Gasteiger partial charge on any atom is 0.310 e.